The van der Waals surface area contributed by atoms with E-state index < -0.39 is 66.3 Å². The minimum Gasteiger partial charge on any atom is -0.335 e. The summed E-state index contributed by atoms with van der Waals surface area (Å²) in [5.41, 5.74) is -0.587. The van der Waals surface area contributed by atoms with Gasteiger partial charge in [-0.25, -0.2) is 32.2 Å². The smallest absolute Gasteiger partial charge is 0.335 e. The van der Waals surface area contributed by atoms with E-state index in [1.54, 1.807) is 12.1 Å². The Morgan fingerprint density at radius 3 is 2.64 bits per heavy atom. The highest BCUT2D eigenvalue weighted by Crippen LogP contribution is 2.43. The van der Waals surface area contributed by atoms with E-state index in [0.29, 0.717) is 34.9 Å². The summed E-state index contributed by atoms with van der Waals surface area (Å²) in [6, 6.07) is 4.50. The van der Waals surface area contributed by atoms with Gasteiger partial charge in [-0.2, -0.15) is 16.3 Å². The van der Waals surface area contributed by atoms with E-state index in [4.69, 9.17) is 0 Å². The lowest BCUT2D eigenvalue weighted by atomic mass is 10.1. The summed E-state index contributed by atoms with van der Waals surface area (Å²) >= 11 is -0.728. The third-order valence-corrected chi connectivity index (χ3v) is 6.81. The quantitative estimate of drug-likeness (QED) is 0.208. The van der Waals surface area contributed by atoms with Crippen LogP contribution in [0.3, 0.4) is 0 Å². The lowest BCUT2D eigenvalue weighted by Gasteiger charge is -2.16. The predicted molar refractivity (Wildman–Crippen MR) is 118 cm³/mol. The number of hydrogen-bond acceptors (Lipinski definition) is 8. The topological polar surface area (TPSA) is 121 Å². The zero-order valence-electron chi connectivity index (χ0n) is 16.0. The maximum Gasteiger partial charge on any atom is 0.404 e. The summed E-state index contributed by atoms with van der Waals surface area (Å²) in [5.74, 6) is -4.37. The molecule has 3 heterocycles. The Morgan fingerprint density at radius 1 is 1.09 bits per heavy atom. The first-order valence-corrected chi connectivity index (χ1v) is 12.5. The molecule has 0 unspecified atom stereocenters. The van der Waals surface area contributed by atoms with E-state index >= 15 is 0 Å². The molecule has 0 spiro atoms. The number of pyridine rings is 1. The minimum atomic E-state index is -5.05. The standard InChI is InChI=1S/C17H11F5IN7O2S/c18-9-3-4-10(30-33(31,32)6-17(20,21)22)11(19)13(9)27-15-8(2-1-5-24-15)12-14-16(26-7-25-12)29-23-28-14/h1-5,7,30H,6H2,(H,24,27)(H,25,26,28,29). The van der Waals surface area contributed by atoms with Crippen LogP contribution >= 0.6 is 21.3 Å². The highest BCUT2D eigenvalue weighted by molar-refractivity contribution is 14.2. The first-order chi connectivity index (χ1) is 15.5. The maximum atomic E-state index is 14.9. The Kier molecular flexibility index (Phi) is 6.12. The van der Waals surface area contributed by atoms with Crippen molar-refractivity contribution < 1.29 is 30.4 Å². The third kappa shape index (κ3) is 5.15. The van der Waals surface area contributed by atoms with Crippen LogP contribution in [-0.2, 0) is 10.0 Å². The molecule has 4 rings (SSSR count). The molecule has 16 heteroatoms. The number of alkyl halides is 3. The normalized spacial score (nSPS) is 13.1. The van der Waals surface area contributed by atoms with Crippen molar-refractivity contribution in [2.24, 2.45) is 3.15 Å². The van der Waals surface area contributed by atoms with Gasteiger partial charge in [0.25, 0.3) is 0 Å². The second kappa shape index (κ2) is 8.73. The molecule has 0 atom stereocenters. The lowest BCUT2D eigenvalue weighted by molar-refractivity contribution is -0.106. The number of fused-ring (bicyclic) bond motifs is 1. The Morgan fingerprint density at radius 2 is 1.88 bits per heavy atom. The maximum absolute atomic E-state index is 14.9. The summed E-state index contributed by atoms with van der Waals surface area (Å²) in [5, 5.41) is 2.44. The van der Waals surface area contributed by atoms with Crippen LogP contribution in [0.5, 0.6) is 0 Å². The van der Waals surface area contributed by atoms with Gasteiger partial charge in [0, 0.05) is 11.8 Å². The molecule has 9 nitrogen and oxygen atoms in total. The summed E-state index contributed by atoms with van der Waals surface area (Å²) in [6.45, 7) is 0. The van der Waals surface area contributed by atoms with Crippen molar-refractivity contribution in [3.63, 3.8) is 0 Å². The fraction of sp³-hybridized carbons (Fsp3) is 0.118. The molecule has 1 aromatic carbocycles. The number of benzene rings is 1. The fourth-order valence-corrected chi connectivity index (χ4v) is 5.25. The van der Waals surface area contributed by atoms with Crippen molar-refractivity contribution in [2.45, 2.75) is 6.18 Å². The summed E-state index contributed by atoms with van der Waals surface area (Å²) in [7, 11) is -4.99. The summed E-state index contributed by atoms with van der Waals surface area (Å²) in [4.78, 5) is 12.3. The van der Waals surface area contributed by atoms with Crippen LogP contribution in [0, 0.1) is 11.6 Å². The second-order valence-corrected chi connectivity index (χ2v) is 9.69. The van der Waals surface area contributed by atoms with Gasteiger partial charge >= 0.3 is 6.18 Å². The first kappa shape index (κ1) is 23.1. The molecule has 3 aromatic rings. The highest BCUT2D eigenvalue weighted by Gasteiger charge is 2.35. The highest BCUT2D eigenvalue weighted by atomic mass is 127. The Balaban J connectivity index is 1.71. The molecule has 1 aliphatic rings. The number of nitrogens with one attached hydrogen (secondary N) is 3. The van der Waals surface area contributed by atoms with E-state index in [9.17, 15) is 30.4 Å². The number of sulfonamides is 1. The molecule has 1 aliphatic heterocycles. The average molecular weight is 599 g/mol. The SMILES string of the molecule is O=S(=O)(CC(F)(F)F)Nc1ccc(F)c(Nc2ncccc2-c2ncnc3c2N=IN3)c1F. The van der Waals surface area contributed by atoms with Crippen molar-refractivity contribution in [1.29, 1.82) is 0 Å². The molecule has 3 N–H and O–H groups in total. The van der Waals surface area contributed by atoms with Crippen molar-refractivity contribution >= 4 is 60.0 Å². The molecule has 0 bridgehead atoms. The van der Waals surface area contributed by atoms with Gasteiger partial charge in [0.2, 0.25) is 10.0 Å². The van der Waals surface area contributed by atoms with E-state index in [-0.39, 0.29) is 5.82 Å². The van der Waals surface area contributed by atoms with Gasteiger partial charge in [0.05, 0.1) is 5.69 Å². The Hall–Kier alpha value is -3.02. The van der Waals surface area contributed by atoms with Gasteiger partial charge in [-0.15, -0.1) is 0 Å². The molecule has 0 amide bonds. The van der Waals surface area contributed by atoms with E-state index in [0.717, 1.165) is 0 Å². The largest absolute Gasteiger partial charge is 0.404 e. The second-order valence-electron chi connectivity index (χ2n) is 6.47. The van der Waals surface area contributed by atoms with Crippen molar-refractivity contribution in [3.8, 4) is 11.3 Å². The number of halogens is 6. The molecule has 174 valence electrons. The molecular weight excluding hydrogens is 588 g/mol. The van der Waals surface area contributed by atoms with Gasteiger partial charge < -0.3 is 8.85 Å². The van der Waals surface area contributed by atoms with Crippen LogP contribution in [-0.4, -0.2) is 35.3 Å². The zero-order valence-corrected chi connectivity index (χ0v) is 18.9. The van der Waals surface area contributed by atoms with E-state index in [1.807, 2.05) is 0 Å². The van der Waals surface area contributed by atoms with Gasteiger partial charge in [-0.05, 0) is 24.3 Å². The Bertz CT molecular complexity index is 1370. The van der Waals surface area contributed by atoms with E-state index in [1.165, 1.54) is 17.2 Å². The number of aromatic nitrogens is 3. The van der Waals surface area contributed by atoms with Crippen molar-refractivity contribution in [2.75, 3.05) is 19.3 Å². The average Bonchev–Trinajstić information content (AvgIpc) is 3.21. The molecule has 0 radical (unpaired) electrons. The van der Waals surface area contributed by atoms with Gasteiger partial charge in [0.15, 0.2) is 17.4 Å². The van der Waals surface area contributed by atoms with Gasteiger partial charge in [-0.1, -0.05) is 0 Å². The minimum absolute atomic E-state index is 0.0493. The summed E-state index contributed by atoms with van der Waals surface area (Å²) < 4.78 is 99.1. The van der Waals surface area contributed by atoms with Crippen molar-refractivity contribution in [1.82, 2.24) is 15.0 Å². The molecule has 0 fully saturated rings. The molecule has 0 aliphatic carbocycles. The van der Waals surface area contributed by atoms with Gasteiger partial charge in [0.1, 0.15) is 56.3 Å². The molecule has 33 heavy (non-hydrogen) atoms. The monoisotopic (exact) mass is 599 g/mol. The van der Waals surface area contributed by atoms with Crippen LogP contribution in [0.4, 0.5) is 50.6 Å². The fourth-order valence-electron chi connectivity index (χ4n) is 2.81. The summed E-state index contributed by atoms with van der Waals surface area (Å²) in [6.07, 6.45) is -2.44. The Labute approximate surface area is 193 Å². The molecular formula is C17H11F5IN7O2S. The zero-order chi connectivity index (χ0) is 23.8. The van der Waals surface area contributed by atoms with E-state index in [2.05, 4.69) is 26.9 Å². The van der Waals surface area contributed by atoms with Crippen LogP contribution in [0.2, 0.25) is 0 Å². The molecule has 0 saturated carbocycles. The lowest BCUT2D eigenvalue weighted by Crippen LogP contribution is -2.28. The number of anilines is 4. The van der Waals surface area contributed by atoms with Crippen molar-refractivity contribution in [3.05, 3.63) is 48.4 Å². The number of hydrogen-bond donors (Lipinski definition) is 3. The van der Waals surface area contributed by atoms with Crippen LogP contribution < -0.4 is 13.6 Å². The first-order valence-electron chi connectivity index (χ1n) is 8.77. The number of nitrogens with zero attached hydrogens (tertiary/aromatic N) is 4. The third-order valence-electron chi connectivity index (χ3n) is 4.10. The van der Waals surface area contributed by atoms with Gasteiger partial charge in [-0.3, -0.25) is 4.72 Å². The molecule has 0 saturated heterocycles. The van der Waals surface area contributed by atoms with Crippen LogP contribution in [0.1, 0.15) is 0 Å². The van der Waals surface area contributed by atoms with Crippen LogP contribution in [0.15, 0.2) is 39.9 Å². The molecule has 2 aromatic heterocycles. The number of rotatable bonds is 6. The van der Waals surface area contributed by atoms with Crippen LogP contribution in [0.25, 0.3) is 11.3 Å². The predicted octanol–water partition coefficient (Wildman–Crippen LogP) is 4.99.